The van der Waals surface area contributed by atoms with Gasteiger partial charge in [-0.2, -0.15) is 0 Å². The first-order valence-electron chi connectivity index (χ1n) is 9.59. The molecule has 0 aliphatic heterocycles. The normalized spacial score (nSPS) is 23.4. The molecule has 2 aromatic rings. The maximum atomic E-state index is 12.0. The zero-order valence-corrected chi connectivity index (χ0v) is 15.8. The van der Waals surface area contributed by atoms with E-state index in [-0.39, 0.29) is 0 Å². The van der Waals surface area contributed by atoms with Gasteiger partial charge in [-0.25, -0.2) is 0 Å². The maximum Gasteiger partial charge on any atom is 0.250 e. The third kappa shape index (κ3) is 3.79. The van der Waals surface area contributed by atoms with Crippen LogP contribution in [0.4, 0.5) is 0 Å². The summed E-state index contributed by atoms with van der Waals surface area (Å²) >= 11 is 0. The van der Waals surface area contributed by atoms with Crippen molar-refractivity contribution in [2.75, 3.05) is 13.7 Å². The monoisotopic (exact) mass is 358 g/mol. The molecule has 5 nitrogen and oxygen atoms in total. The van der Waals surface area contributed by atoms with E-state index in [1.165, 1.54) is 6.42 Å². The molecule has 0 spiro atoms. The lowest BCUT2D eigenvalue weighted by atomic mass is 9.74. The van der Waals surface area contributed by atoms with Gasteiger partial charge in [0.25, 0.3) is 5.91 Å². The largest absolute Gasteiger partial charge is 0.390 e. The summed E-state index contributed by atoms with van der Waals surface area (Å²) in [4.78, 5) is 12.0. The van der Waals surface area contributed by atoms with E-state index in [9.17, 15) is 9.90 Å². The minimum absolute atomic E-state index is 0.430. The van der Waals surface area contributed by atoms with Crippen LogP contribution in [0.2, 0.25) is 0 Å². The molecule has 0 saturated heterocycles. The Bertz CT molecular complexity index is 783. The Labute approximate surface area is 155 Å². The molecule has 0 radical (unpaired) electrons. The molecule has 1 aliphatic carbocycles. The Balaban J connectivity index is 2.00. The Kier molecular flexibility index (Phi) is 5.68. The number of amides is 1. The summed E-state index contributed by atoms with van der Waals surface area (Å²) in [7, 11) is 1.66. The smallest absolute Gasteiger partial charge is 0.250 e. The fraction of sp³-hybridized carbons (Fsp3) is 0.571. The summed E-state index contributed by atoms with van der Waals surface area (Å²) < 4.78 is 7.20. The summed E-state index contributed by atoms with van der Waals surface area (Å²) in [5.41, 5.74) is 7.46. The van der Waals surface area contributed by atoms with Crippen LogP contribution in [0.25, 0.3) is 10.9 Å². The molecular formula is C21H30N2O3. The van der Waals surface area contributed by atoms with E-state index in [0.717, 1.165) is 42.1 Å². The van der Waals surface area contributed by atoms with E-state index in [1.54, 1.807) is 7.11 Å². The number of benzene rings is 1. The molecule has 1 fully saturated rings. The molecule has 3 N–H and O–H groups in total. The van der Waals surface area contributed by atoms with Crippen LogP contribution in [0.3, 0.4) is 0 Å². The highest BCUT2D eigenvalue weighted by Crippen LogP contribution is 2.38. The van der Waals surface area contributed by atoms with Gasteiger partial charge in [0.15, 0.2) is 0 Å². The van der Waals surface area contributed by atoms with E-state index >= 15 is 0 Å². The number of primary amides is 1. The lowest BCUT2D eigenvalue weighted by Gasteiger charge is -2.37. The molecular weight excluding hydrogens is 328 g/mol. The van der Waals surface area contributed by atoms with Gasteiger partial charge < -0.3 is 20.1 Å². The third-order valence-corrected chi connectivity index (χ3v) is 5.81. The Hall–Kier alpha value is -1.85. The van der Waals surface area contributed by atoms with Gasteiger partial charge in [-0.05, 0) is 30.4 Å². The second-order valence-corrected chi connectivity index (χ2v) is 7.68. The van der Waals surface area contributed by atoms with Gasteiger partial charge >= 0.3 is 0 Å². The molecule has 1 amide bonds. The third-order valence-electron chi connectivity index (χ3n) is 5.81. The van der Waals surface area contributed by atoms with Gasteiger partial charge in [0.2, 0.25) is 0 Å². The lowest BCUT2D eigenvalue weighted by molar-refractivity contribution is -0.0159. The highest BCUT2D eigenvalue weighted by Gasteiger charge is 2.34. The maximum absolute atomic E-state index is 12.0. The number of nitrogens with zero attached hydrogens (tertiary/aromatic N) is 1. The number of carbonyl (C=O) groups is 1. The van der Waals surface area contributed by atoms with Crippen molar-refractivity contribution in [3.63, 3.8) is 0 Å². The second kappa shape index (κ2) is 7.80. The Morgan fingerprint density at radius 2 is 2.27 bits per heavy atom. The van der Waals surface area contributed by atoms with Gasteiger partial charge in [-0.1, -0.05) is 38.3 Å². The van der Waals surface area contributed by atoms with E-state index in [0.29, 0.717) is 31.1 Å². The Morgan fingerprint density at radius 3 is 2.96 bits per heavy atom. The minimum Gasteiger partial charge on any atom is -0.390 e. The lowest BCUT2D eigenvalue weighted by Crippen LogP contribution is -2.37. The number of fused-ring (bicyclic) bond motifs is 1. The standard InChI is InChI=1S/C21H30N2O3/c1-3-15-6-5-9-21(25,12-15)13-16-7-4-8-18-19(16)17(20(22)24)14-23(18)10-11-26-2/h4,7-8,14-15,25H,3,5-6,9-13H2,1-2H3,(H2,22,24). The van der Waals surface area contributed by atoms with Crippen LogP contribution in [-0.4, -0.2) is 34.9 Å². The second-order valence-electron chi connectivity index (χ2n) is 7.68. The van der Waals surface area contributed by atoms with Gasteiger partial charge in [0.1, 0.15) is 0 Å². The van der Waals surface area contributed by atoms with Gasteiger partial charge in [-0.3, -0.25) is 4.79 Å². The van der Waals surface area contributed by atoms with E-state index < -0.39 is 11.5 Å². The zero-order chi connectivity index (χ0) is 18.7. The molecule has 2 atom stereocenters. The molecule has 1 aliphatic rings. The topological polar surface area (TPSA) is 77.5 Å². The fourth-order valence-corrected chi connectivity index (χ4v) is 4.46. The summed E-state index contributed by atoms with van der Waals surface area (Å²) in [5.74, 6) is 0.149. The number of hydrogen-bond donors (Lipinski definition) is 2. The van der Waals surface area contributed by atoms with Gasteiger partial charge in [-0.15, -0.1) is 0 Å². The number of ether oxygens (including phenoxy) is 1. The van der Waals surface area contributed by atoms with Crippen molar-refractivity contribution in [1.29, 1.82) is 0 Å². The van der Waals surface area contributed by atoms with Crippen LogP contribution >= 0.6 is 0 Å². The predicted octanol–water partition coefficient (Wildman–Crippen LogP) is 3.26. The first kappa shape index (κ1) is 18.9. The van der Waals surface area contributed by atoms with Crippen molar-refractivity contribution in [3.8, 4) is 0 Å². The fourth-order valence-electron chi connectivity index (χ4n) is 4.46. The molecule has 5 heteroatoms. The van der Waals surface area contributed by atoms with Crippen LogP contribution < -0.4 is 5.73 Å². The molecule has 142 valence electrons. The van der Waals surface area contributed by atoms with Crippen LogP contribution in [-0.2, 0) is 17.7 Å². The van der Waals surface area contributed by atoms with E-state index in [1.807, 2.05) is 29.0 Å². The molecule has 1 heterocycles. The van der Waals surface area contributed by atoms with Crippen LogP contribution in [0.1, 0.15) is 54.9 Å². The molecule has 0 bridgehead atoms. The SMILES string of the molecule is CCC1CCCC(O)(Cc2cccc3c2c(C(N)=O)cn3CCOC)C1. The Morgan fingerprint density at radius 1 is 1.46 bits per heavy atom. The highest BCUT2D eigenvalue weighted by atomic mass is 16.5. The van der Waals surface area contributed by atoms with Crippen molar-refractivity contribution < 1.29 is 14.6 Å². The molecule has 1 aromatic carbocycles. The molecule has 1 saturated carbocycles. The van der Waals surface area contributed by atoms with E-state index in [4.69, 9.17) is 10.5 Å². The van der Waals surface area contributed by atoms with Crippen LogP contribution in [0.15, 0.2) is 24.4 Å². The number of rotatable bonds is 7. The van der Waals surface area contributed by atoms with Crippen LogP contribution in [0, 0.1) is 5.92 Å². The first-order valence-corrected chi connectivity index (χ1v) is 9.59. The number of aliphatic hydroxyl groups is 1. The summed E-state index contributed by atoms with van der Waals surface area (Å²) in [5, 5.41) is 12.1. The van der Waals surface area contributed by atoms with Gasteiger partial charge in [0.05, 0.1) is 17.8 Å². The number of aromatic nitrogens is 1. The van der Waals surface area contributed by atoms with Gasteiger partial charge in [0, 0.05) is 37.2 Å². The van der Waals surface area contributed by atoms with Crippen molar-refractivity contribution >= 4 is 16.8 Å². The predicted molar refractivity (Wildman–Crippen MR) is 103 cm³/mol. The number of carbonyl (C=O) groups excluding carboxylic acids is 1. The van der Waals surface area contributed by atoms with Crippen molar-refractivity contribution in [3.05, 3.63) is 35.5 Å². The number of nitrogens with two attached hydrogens (primary N) is 1. The average molecular weight is 358 g/mol. The summed E-state index contributed by atoms with van der Waals surface area (Å²) in [6.45, 7) is 3.42. The van der Waals surface area contributed by atoms with Crippen molar-refractivity contribution in [2.45, 2.75) is 57.6 Å². The van der Waals surface area contributed by atoms with Crippen molar-refractivity contribution in [1.82, 2.24) is 4.57 Å². The highest BCUT2D eigenvalue weighted by molar-refractivity contribution is 6.07. The first-order chi connectivity index (χ1) is 12.5. The molecule has 26 heavy (non-hydrogen) atoms. The minimum atomic E-state index is -0.698. The average Bonchev–Trinajstić information content (AvgIpc) is 3.00. The number of methoxy groups -OCH3 is 1. The van der Waals surface area contributed by atoms with Crippen molar-refractivity contribution in [2.24, 2.45) is 11.7 Å². The number of hydrogen-bond acceptors (Lipinski definition) is 3. The zero-order valence-electron chi connectivity index (χ0n) is 15.8. The molecule has 2 unspecified atom stereocenters. The summed E-state index contributed by atoms with van der Waals surface area (Å²) in [6.07, 6.45) is 7.38. The molecule has 1 aromatic heterocycles. The quantitative estimate of drug-likeness (QED) is 0.797. The van der Waals surface area contributed by atoms with E-state index in [2.05, 4.69) is 6.92 Å². The van der Waals surface area contributed by atoms with Crippen LogP contribution in [0.5, 0.6) is 0 Å². The molecule has 3 rings (SSSR count). The summed E-state index contributed by atoms with van der Waals surface area (Å²) in [6, 6.07) is 6.01.